The molecule has 0 spiro atoms. The van der Waals surface area contributed by atoms with Gasteiger partial charge in [0, 0.05) is 25.9 Å². The van der Waals surface area contributed by atoms with Crippen LogP contribution in [0.25, 0.3) is 0 Å². The first-order chi connectivity index (χ1) is 17.0. The van der Waals surface area contributed by atoms with Crippen LogP contribution >= 0.6 is 0 Å². The Morgan fingerprint density at radius 3 is 2.20 bits per heavy atom. The monoisotopic (exact) mass is 472 g/mol. The van der Waals surface area contributed by atoms with E-state index in [4.69, 9.17) is 4.74 Å². The third kappa shape index (κ3) is 7.71. The molecule has 0 radical (unpaired) electrons. The van der Waals surface area contributed by atoms with E-state index < -0.39 is 6.04 Å². The van der Waals surface area contributed by atoms with Gasteiger partial charge in [0.15, 0.2) is 0 Å². The highest BCUT2D eigenvalue weighted by Crippen LogP contribution is 2.20. The average Bonchev–Trinajstić information content (AvgIpc) is 2.90. The number of rotatable bonds is 12. The number of hydrogen-bond acceptors (Lipinski definition) is 3. The van der Waals surface area contributed by atoms with E-state index in [1.165, 1.54) is 5.56 Å². The maximum Gasteiger partial charge on any atom is 0.243 e. The predicted molar refractivity (Wildman–Crippen MR) is 140 cm³/mol. The SMILES string of the molecule is CCNC(=O)[C@@H](Cc1ccccc1)N(Cc1cccc(OC)c1)C(=O)CCc1ccc(CC)cc1. The summed E-state index contributed by atoms with van der Waals surface area (Å²) in [5.74, 6) is 0.544. The molecule has 0 aliphatic heterocycles. The fraction of sp³-hybridized carbons (Fsp3) is 0.333. The molecule has 0 aliphatic rings. The van der Waals surface area contributed by atoms with E-state index in [2.05, 4.69) is 36.5 Å². The van der Waals surface area contributed by atoms with Gasteiger partial charge in [-0.1, -0.05) is 73.7 Å². The highest BCUT2D eigenvalue weighted by molar-refractivity contribution is 5.88. The molecule has 0 bridgehead atoms. The molecular formula is C30H36N2O3. The number of methoxy groups -OCH3 is 1. The molecule has 0 fully saturated rings. The lowest BCUT2D eigenvalue weighted by Crippen LogP contribution is -2.50. The Hall–Kier alpha value is -3.60. The minimum absolute atomic E-state index is 0.0421. The molecule has 0 saturated heterocycles. The normalized spacial score (nSPS) is 11.5. The van der Waals surface area contributed by atoms with Gasteiger partial charge in [-0.3, -0.25) is 9.59 Å². The number of aryl methyl sites for hydroxylation is 2. The fourth-order valence-corrected chi connectivity index (χ4v) is 4.15. The zero-order valence-electron chi connectivity index (χ0n) is 21.0. The van der Waals surface area contributed by atoms with E-state index in [1.807, 2.05) is 61.5 Å². The van der Waals surface area contributed by atoms with Crippen molar-refractivity contribution in [2.45, 2.75) is 52.1 Å². The van der Waals surface area contributed by atoms with Crippen molar-refractivity contribution in [2.24, 2.45) is 0 Å². The van der Waals surface area contributed by atoms with E-state index in [0.29, 0.717) is 32.4 Å². The standard InChI is InChI=1S/C30H36N2O3/c1-4-23-14-16-24(17-15-23)18-19-29(33)32(22-26-12-9-13-27(20-26)35-3)28(30(34)31-5-2)21-25-10-7-6-8-11-25/h6-17,20,28H,4-5,18-19,21-22H2,1-3H3,(H,31,34)/t28-/m1/s1. The summed E-state index contributed by atoms with van der Waals surface area (Å²) in [6, 6.07) is 25.3. The van der Waals surface area contributed by atoms with Crippen molar-refractivity contribution in [2.75, 3.05) is 13.7 Å². The number of carbonyl (C=O) groups excluding carboxylic acids is 2. The van der Waals surface area contributed by atoms with Gasteiger partial charge in [-0.2, -0.15) is 0 Å². The smallest absolute Gasteiger partial charge is 0.243 e. The summed E-state index contributed by atoms with van der Waals surface area (Å²) in [7, 11) is 1.62. The lowest BCUT2D eigenvalue weighted by atomic mass is 10.0. The molecule has 2 amide bonds. The summed E-state index contributed by atoms with van der Waals surface area (Å²) >= 11 is 0. The second-order valence-electron chi connectivity index (χ2n) is 8.64. The number of amides is 2. The number of likely N-dealkylation sites (N-methyl/N-ethyl adjacent to an activating group) is 1. The van der Waals surface area contributed by atoms with Gasteiger partial charge in [-0.15, -0.1) is 0 Å². The van der Waals surface area contributed by atoms with Gasteiger partial charge in [0.25, 0.3) is 0 Å². The number of benzene rings is 3. The van der Waals surface area contributed by atoms with Gasteiger partial charge in [0.1, 0.15) is 11.8 Å². The van der Waals surface area contributed by atoms with E-state index in [0.717, 1.165) is 28.9 Å². The molecule has 5 heteroatoms. The molecule has 1 atom stereocenters. The summed E-state index contributed by atoms with van der Waals surface area (Å²) in [5.41, 5.74) is 4.34. The predicted octanol–water partition coefficient (Wildman–Crippen LogP) is 4.97. The number of ether oxygens (including phenoxy) is 1. The maximum atomic E-state index is 13.7. The molecule has 0 saturated carbocycles. The Labute approximate surface area is 209 Å². The van der Waals surface area contributed by atoms with Crippen LogP contribution in [0, 0.1) is 0 Å². The highest BCUT2D eigenvalue weighted by Gasteiger charge is 2.30. The third-order valence-corrected chi connectivity index (χ3v) is 6.17. The Kier molecular flexibility index (Phi) is 9.91. The molecule has 0 aromatic heterocycles. The number of carbonyl (C=O) groups is 2. The van der Waals surface area contributed by atoms with Crippen molar-refractivity contribution >= 4 is 11.8 Å². The van der Waals surface area contributed by atoms with Gasteiger partial charge < -0.3 is 15.0 Å². The molecule has 5 nitrogen and oxygen atoms in total. The minimum atomic E-state index is -0.612. The molecule has 0 heterocycles. The van der Waals surface area contributed by atoms with Gasteiger partial charge in [0.05, 0.1) is 7.11 Å². The second-order valence-corrected chi connectivity index (χ2v) is 8.64. The summed E-state index contributed by atoms with van der Waals surface area (Å²) in [5, 5.41) is 2.94. The summed E-state index contributed by atoms with van der Waals surface area (Å²) in [4.78, 5) is 28.6. The van der Waals surface area contributed by atoms with Gasteiger partial charge in [-0.05, 0) is 54.2 Å². The van der Waals surface area contributed by atoms with Crippen LogP contribution in [-0.4, -0.2) is 36.4 Å². The zero-order chi connectivity index (χ0) is 25.0. The average molecular weight is 473 g/mol. The quantitative estimate of drug-likeness (QED) is 0.405. The van der Waals surface area contributed by atoms with Crippen LogP contribution in [0.5, 0.6) is 5.75 Å². The molecule has 1 N–H and O–H groups in total. The van der Waals surface area contributed by atoms with Crippen molar-refractivity contribution in [3.05, 3.63) is 101 Å². The van der Waals surface area contributed by atoms with Crippen molar-refractivity contribution < 1.29 is 14.3 Å². The highest BCUT2D eigenvalue weighted by atomic mass is 16.5. The Morgan fingerprint density at radius 1 is 0.857 bits per heavy atom. The van der Waals surface area contributed by atoms with Crippen molar-refractivity contribution in [3.63, 3.8) is 0 Å². The lowest BCUT2D eigenvalue weighted by Gasteiger charge is -2.31. The molecule has 35 heavy (non-hydrogen) atoms. The van der Waals surface area contributed by atoms with E-state index in [1.54, 1.807) is 12.0 Å². The first-order valence-corrected chi connectivity index (χ1v) is 12.4. The number of hydrogen-bond donors (Lipinski definition) is 1. The molecule has 3 aromatic rings. The zero-order valence-corrected chi connectivity index (χ0v) is 21.0. The molecule has 3 aromatic carbocycles. The fourth-order valence-electron chi connectivity index (χ4n) is 4.15. The van der Waals surface area contributed by atoms with Gasteiger partial charge in [-0.25, -0.2) is 0 Å². The van der Waals surface area contributed by atoms with Gasteiger partial charge >= 0.3 is 0 Å². The molecule has 3 rings (SSSR count). The van der Waals surface area contributed by atoms with Crippen LogP contribution < -0.4 is 10.1 Å². The number of nitrogens with one attached hydrogen (secondary N) is 1. The van der Waals surface area contributed by atoms with Crippen LogP contribution in [0.4, 0.5) is 0 Å². The first-order valence-electron chi connectivity index (χ1n) is 12.4. The van der Waals surface area contributed by atoms with Crippen molar-refractivity contribution in [1.29, 1.82) is 0 Å². The summed E-state index contributed by atoms with van der Waals surface area (Å²) in [6.07, 6.45) is 2.40. The molecule has 184 valence electrons. The second kappa shape index (κ2) is 13.3. The number of nitrogens with zero attached hydrogens (tertiary/aromatic N) is 1. The molecular weight excluding hydrogens is 436 g/mol. The largest absolute Gasteiger partial charge is 0.497 e. The van der Waals surface area contributed by atoms with Crippen LogP contribution in [0.2, 0.25) is 0 Å². The van der Waals surface area contributed by atoms with Crippen molar-refractivity contribution in [3.8, 4) is 5.75 Å². The topological polar surface area (TPSA) is 58.6 Å². The van der Waals surface area contributed by atoms with E-state index >= 15 is 0 Å². The Bertz CT molecular complexity index is 1080. The first kappa shape index (κ1) is 26.0. The lowest BCUT2D eigenvalue weighted by molar-refractivity contribution is -0.141. The molecule has 0 unspecified atom stereocenters. The minimum Gasteiger partial charge on any atom is -0.497 e. The maximum absolute atomic E-state index is 13.7. The van der Waals surface area contributed by atoms with E-state index in [-0.39, 0.29) is 11.8 Å². The van der Waals surface area contributed by atoms with E-state index in [9.17, 15) is 9.59 Å². The Balaban J connectivity index is 1.88. The molecule has 0 aliphatic carbocycles. The van der Waals surface area contributed by atoms with Gasteiger partial charge in [0.2, 0.25) is 11.8 Å². The summed E-state index contributed by atoms with van der Waals surface area (Å²) < 4.78 is 5.38. The Morgan fingerprint density at radius 2 is 1.54 bits per heavy atom. The summed E-state index contributed by atoms with van der Waals surface area (Å²) in [6.45, 7) is 4.86. The van der Waals surface area contributed by atoms with Crippen LogP contribution in [0.3, 0.4) is 0 Å². The third-order valence-electron chi connectivity index (χ3n) is 6.17. The van der Waals surface area contributed by atoms with Crippen molar-refractivity contribution in [1.82, 2.24) is 10.2 Å². The van der Waals surface area contributed by atoms with Crippen LogP contribution in [0.15, 0.2) is 78.9 Å². The van der Waals surface area contributed by atoms with Crippen LogP contribution in [-0.2, 0) is 35.4 Å². The van der Waals surface area contributed by atoms with Crippen LogP contribution in [0.1, 0.15) is 42.5 Å².